The summed E-state index contributed by atoms with van der Waals surface area (Å²) in [5.41, 5.74) is -0.231. The molecule has 8 heteroatoms. The van der Waals surface area contributed by atoms with E-state index in [1.165, 1.54) is 12.1 Å². The molecule has 3 rings (SSSR count). The lowest BCUT2D eigenvalue weighted by molar-refractivity contribution is -0.138. The van der Waals surface area contributed by atoms with Crippen LogP contribution in [0.4, 0.5) is 13.2 Å². The van der Waals surface area contributed by atoms with Gasteiger partial charge < -0.3 is 4.90 Å². The number of aryl methyl sites for hydroxylation is 1. The number of carbonyl (C=O) groups excluding carboxylic acids is 1. The van der Waals surface area contributed by atoms with Crippen LogP contribution < -0.4 is 0 Å². The summed E-state index contributed by atoms with van der Waals surface area (Å²) in [6, 6.07) is 5.71. The second-order valence-corrected chi connectivity index (χ2v) is 10.2. The van der Waals surface area contributed by atoms with Crippen molar-refractivity contribution in [3.05, 3.63) is 35.4 Å². The van der Waals surface area contributed by atoms with Gasteiger partial charge >= 0.3 is 6.18 Å². The van der Waals surface area contributed by atoms with E-state index in [0.717, 1.165) is 18.9 Å². The van der Waals surface area contributed by atoms with Crippen molar-refractivity contribution >= 4 is 15.7 Å². The summed E-state index contributed by atoms with van der Waals surface area (Å²) >= 11 is 0. The first-order chi connectivity index (χ1) is 13.1. The standard InChI is InChI=1S/C20H26F3NO3S/c21-20(22,23)18-4-2-1-3-17(18)6-5-15-7-10-24(11-8-15)19(25)13-16-9-12-28(26,27)14-16/h1-4,15-16H,5-14H2/t16-/m0/s1. The van der Waals surface area contributed by atoms with Crippen LogP contribution in [0.5, 0.6) is 0 Å². The number of sulfone groups is 1. The first kappa shape index (κ1) is 21.1. The molecule has 28 heavy (non-hydrogen) atoms. The Bertz CT molecular complexity index is 799. The lowest BCUT2D eigenvalue weighted by Gasteiger charge is -2.32. The average molecular weight is 417 g/mol. The number of benzene rings is 1. The molecule has 1 aromatic rings. The van der Waals surface area contributed by atoms with Crippen LogP contribution in [-0.4, -0.2) is 43.8 Å². The summed E-state index contributed by atoms with van der Waals surface area (Å²) < 4.78 is 62.3. The molecule has 2 heterocycles. The predicted octanol–water partition coefficient (Wildman–Crippen LogP) is 3.70. The van der Waals surface area contributed by atoms with Gasteiger partial charge in [-0.05, 0) is 55.6 Å². The Balaban J connectivity index is 1.45. The van der Waals surface area contributed by atoms with Crippen LogP contribution in [0.2, 0.25) is 0 Å². The largest absolute Gasteiger partial charge is 0.416 e. The van der Waals surface area contributed by atoms with Gasteiger partial charge in [0.2, 0.25) is 5.91 Å². The summed E-state index contributed by atoms with van der Waals surface area (Å²) in [5.74, 6) is 0.509. The lowest BCUT2D eigenvalue weighted by Crippen LogP contribution is -2.39. The van der Waals surface area contributed by atoms with Gasteiger partial charge in [0.05, 0.1) is 17.1 Å². The maximum absolute atomic E-state index is 13.1. The first-order valence-electron chi connectivity index (χ1n) is 9.77. The minimum Gasteiger partial charge on any atom is -0.343 e. The molecule has 0 saturated carbocycles. The Labute approximate surface area is 164 Å². The fraction of sp³-hybridized carbons (Fsp3) is 0.650. The van der Waals surface area contributed by atoms with Gasteiger partial charge in [-0.25, -0.2) is 8.42 Å². The number of piperidine rings is 1. The highest BCUT2D eigenvalue weighted by Crippen LogP contribution is 2.33. The van der Waals surface area contributed by atoms with E-state index < -0.39 is 21.6 Å². The highest BCUT2D eigenvalue weighted by atomic mass is 32.2. The molecule has 2 saturated heterocycles. The number of hydrogen-bond donors (Lipinski definition) is 0. The monoisotopic (exact) mass is 417 g/mol. The number of halogens is 3. The smallest absolute Gasteiger partial charge is 0.343 e. The third-order valence-corrected chi connectivity index (χ3v) is 7.74. The van der Waals surface area contributed by atoms with Gasteiger partial charge in [0.15, 0.2) is 9.84 Å². The summed E-state index contributed by atoms with van der Waals surface area (Å²) in [7, 11) is -2.98. The Morgan fingerprint density at radius 3 is 2.36 bits per heavy atom. The van der Waals surface area contributed by atoms with Crippen molar-refractivity contribution in [3.8, 4) is 0 Å². The third-order valence-electron chi connectivity index (χ3n) is 5.90. The number of rotatable bonds is 5. The Morgan fingerprint density at radius 2 is 1.75 bits per heavy atom. The SMILES string of the molecule is O=C(C[C@@H]1CCS(=O)(=O)C1)N1CCC(CCc2ccccc2C(F)(F)F)CC1. The fourth-order valence-corrected chi connectivity index (χ4v) is 6.12. The normalized spacial score (nSPS) is 23.1. The van der Waals surface area contributed by atoms with Crippen LogP contribution in [0.25, 0.3) is 0 Å². The van der Waals surface area contributed by atoms with Crippen molar-refractivity contribution in [1.82, 2.24) is 4.90 Å². The van der Waals surface area contributed by atoms with Crippen molar-refractivity contribution in [1.29, 1.82) is 0 Å². The molecule has 2 aliphatic heterocycles. The zero-order valence-corrected chi connectivity index (χ0v) is 16.6. The number of nitrogens with zero attached hydrogens (tertiary/aromatic N) is 1. The minimum atomic E-state index is -4.33. The number of hydrogen-bond acceptors (Lipinski definition) is 3. The molecule has 156 valence electrons. The molecule has 0 spiro atoms. The highest BCUT2D eigenvalue weighted by Gasteiger charge is 2.34. The van der Waals surface area contributed by atoms with E-state index in [9.17, 15) is 26.4 Å². The summed E-state index contributed by atoms with van der Waals surface area (Å²) in [4.78, 5) is 14.2. The van der Waals surface area contributed by atoms with Crippen LogP contribution in [0.1, 0.15) is 43.2 Å². The van der Waals surface area contributed by atoms with Gasteiger partial charge in [-0.1, -0.05) is 18.2 Å². The van der Waals surface area contributed by atoms with E-state index in [2.05, 4.69) is 0 Å². The van der Waals surface area contributed by atoms with Crippen LogP contribution in [0.15, 0.2) is 24.3 Å². The Morgan fingerprint density at radius 1 is 1.07 bits per heavy atom. The molecule has 4 nitrogen and oxygen atoms in total. The minimum absolute atomic E-state index is 0.00275. The van der Waals surface area contributed by atoms with Gasteiger partial charge in [0.1, 0.15) is 0 Å². The molecule has 1 aromatic carbocycles. The quantitative estimate of drug-likeness (QED) is 0.734. The van der Waals surface area contributed by atoms with Crippen molar-refractivity contribution in [2.75, 3.05) is 24.6 Å². The van der Waals surface area contributed by atoms with E-state index in [-0.39, 0.29) is 29.8 Å². The lowest BCUT2D eigenvalue weighted by atomic mass is 9.89. The van der Waals surface area contributed by atoms with Crippen LogP contribution in [0.3, 0.4) is 0 Å². The average Bonchev–Trinajstić information content (AvgIpc) is 2.98. The van der Waals surface area contributed by atoms with Crippen molar-refractivity contribution in [2.45, 2.75) is 44.7 Å². The molecule has 0 N–H and O–H groups in total. The molecule has 2 fully saturated rings. The zero-order chi connectivity index (χ0) is 20.4. The Hall–Kier alpha value is -1.57. The Kier molecular flexibility index (Phi) is 6.37. The zero-order valence-electron chi connectivity index (χ0n) is 15.7. The number of carbonyl (C=O) groups is 1. The number of amides is 1. The fourth-order valence-electron chi connectivity index (χ4n) is 4.25. The molecule has 0 unspecified atom stereocenters. The van der Waals surface area contributed by atoms with E-state index in [1.807, 2.05) is 0 Å². The number of likely N-dealkylation sites (tertiary alicyclic amines) is 1. The van der Waals surface area contributed by atoms with Crippen molar-refractivity contribution < 1.29 is 26.4 Å². The second-order valence-electron chi connectivity index (χ2n) is 7.99. The molecular formula is C20H26F3NO3S. The van der Waals surface area contributed by atoms with E-state index in [0.29, 0.717) is 43.8 Å². The first-order valence-corrected chi connectivity index (χ1v) is 11.6. The van der Waals surface area contributed by atoms with Crippen molar-refractivity contribution in [3.63, 3.8) is 0 Å². The molecule has 0 radical (unpaired) electrons. The van der Waals surface area contributed by atoms with Crippen LogP contribution in [0, 0.1) is 11.8 Å². The van der Waals surface area contributed by atoms with Gasteiger partial charge in [0, 0.05) is 19.5 Å². The van der Waals surface area contributed by atoms with Crippen LogP contribution in [-0.2, 0) is 27.2 Å². The van der Waals surface area contributed by atoms with E-state index in [4.69, 9.17) is 0 Å². The topological polar surface area (TPSA) is 54.5 Å². The van der Waals surface area contributed by atoms with Gasteiger partial charge in [-0.2, -0.15) is 13.2 Å². The second kappa shape index (κ2) is 8.43. The van der Waals surface area contributed by atoms with Gasteiger partial charge in [-0.3, -0.25) is 4.79 Å². The molecule has 0 bridgehead atoms. The molecular weight excluding hydrogens is 391 g/mol. The maximum Gasteiger partial charge on any atom is 0.416 e. The summed E-state index contributed by atoms with van der Waals surface area (Å²) in [6.07, 6.45) is -0.873. The molecule has 0 aromatic heterocycles. The molecule has 0 aliphatic carbocycles. The predicted molar refractivity (Wildman–Crippen MR) is 100 cm³/mol. The number of alkyl halides is 3. The molecule has 1 amide bonds. The molecule has 2 aliphatic rings. The summed E-state index contributed by atoms with van der Waals surface area (Å²) in [5, 5.41) is 0. The highest BCUT2D eigenvalue weighted by molar-refractivity contribution is 7.91. The van der Waals surface area contributed by atoms with Gasteiger partial charge in [-0.15, -0.1) is 0 Å². The van der Waals surface area contributed by atoms with Crippen LogP contribution >= 0.6 is 0 Å². The van der Waals surface area contributed by atoms with Crippen molar-refractivity contribution in [2.24, 2.45) is 11.8 Å². The molecule has 1 atom stereocenters. The van der Waals surface area contributed by atoms with Gasteiger partial charge in [0.25, 0.3) is 0 Å². The van der Waals surface area contributed by atoms with E-state index >= 15 is 0 Å². The third kappa shape index (κ3) is 5.49. The maximum atomic E-state index is 13.1. The summed E-state index contributed by atoms with van der Waals surface area (Å²) in [6.45, 7) is 1.20. The van der Waals surface area contributed by atoms with E-state index in [1.54, 1.807) is 11.0 Å².